The van der Waals surface area contributed by atoms with Gasteiger partial charge in [0, 0.05) is 0 Å². The number of hydrazine groups is 1. The number of nitrogens with one attached hydrogen (secondary N) is 1. The lowest BCUT2D eigenvalue weighted by atomic mass is 9.94. The van der Waals surface area contributed by atoms with E-state index in [9.17, 15) is 0 Å². The van der Waals surface area contributed by atoms with Gasteiger partial charge in [-0.15, -0.1) is 0 Å². The van der Waals surface area contributed by atoms with Crippen molar-refractivity contribution in [3.63, 3.8) is 0 Å². The van der Waals surface area contributed by atoms with E-state index in [-0.39, 0.29) is 0 Å². The normalized spacial score (nSPS) is 26.4. The number of hydrogen-bond acceptors (Lipinski definition) is 3. The summed E-state index contributed by atoms with van der Waals surface area (Å²) in [7, 11) is 0. The first-order chi connectivity index (χ1) is 8.37. The summed E-state index contributed by atoms with van der Waals surface area (Å²) in [5.74, 6) is 5.69. The highest BCUT2D eigenvalue weighted by atomic mass is 15.4. The summed E-state index contributed by atoms with van der Waals surface area (Å²) in [5, 5.41) is 0. The van der Waals surface area contributed by atoms with E-state index in [4.69, 9.17) is 5.84 Å². The molecule has 1 heterocycles. The molecule has 1 aromatic carbocycles. The van der Waals surface area contributed by atoms with Crippen LogP contribution in [0.15, 0.2) is 59.1 Å². The van der Waals surface area contributed by atoms with Crippen molar-refractivity contribution in [2.75, 3.05) is 0 Å². The number of benzene rings is 1. The molecule has 0 spiro atoms. The quantitative estimate of drug-likeness (QED) is 0.610. The zero-order valence-electron chi connectivity index (χ0n) is 9.56. The van der Waals surface area contributed by atoms with E-state index in [0.29, 0.717) is 0 Å². The monoisotopic (exact) mass is 225 g/mol. The van der Waals surface area contributed by atoms with E-state index in [1.807, 2.05) is 18.2 Å². The Morgan fingerprint density at radius 3 is 2.65 bits per heavy atom. The van der Waals surface area contributed by atoms with Crippen LogP contribution in [0.1, 0.15) is 18.4 Å². The molecule has 0 amide bonds. The number of nitrogens with two attached hydrogens (primary N) is 1. The Hall–Kier alpha value is -1.71. The third-order valence-electron chi connectivity index (χ3n) is 3.24. The lowest BCUT2D eigenvalue weighted by Gasteiger charge is -2.18. The van der Waals surface area contributed by atoms with Gasteiger partial charge in [-0.1, -0.05) is 48.6 Å². The number of hydrogen-bond donors (Lipinski definition) is 2. The molecular weight excluding hydrogens is 210 g/mol. The Labute approximate surface area is 101 Å². The van der Waals surface area contributed by atoms with Crippen LogP contribution < -0.4 is 11.3 Å². The molecule has 0 saturated carbocycles. The van der Waals surface area contributed by atoms with Crippen molar-refractivity contribution >= 4 is 5.71 Å². The van der Waals surface area contributed by atoms with E-state index in [1.54, 1.807) is 0 Å². The molecule has 2 aliphatic rings. The molecule has 0 aromatic heterocycles. The summed E-state index contributed by atoms with van der Waals surface area (Å²) < 4.78 is 0. The van der Waals surface area contributed by atoms with E-state index >= 15 is 0 Å². The summed E-state index contributed by atoms with van der Waals surface area (Å²) in [4.78, 5) is 4.56. The predicted molar refractivity (Wildman–Crippen MR) is 69.5 cm³/mol. The van der Waals surface area contributed by atoms with Crippen molar-refractivity contribution in [3.8, 4) is 0 Å². The molecule has 1 atom stereocenters. The highest BCUT2D eigenvalue weighted by molar-refractivity contribution is 6.19. The first-order valence-electron chi connectivity index (χ1n) is 5.87. The van der Waals surface area contributed by atoms with Crippen molar-refractivity contribution in [2.24, 2.45) is 10.8 Å². The van der Waals surface area contributed by atoms with Gasteiger partial charge in [0.2, 0.25) is 0 Å². The van der Waals surface area contributed by atoms with Crippen LogP contribution in [0.5, 0.6) is 0 Å². The molecule has 1 aliphatic heterocycles. The molecular formula is C14H15N3. The predicted octanol–water partition coefficient (Wildman–Crippen LogP) is 1.93. The molecule has 17 heavy (non-hydrogen) atoms. The highest BCUT2D eigenvalue weighted by Gasteiger charge is 2.49. The molecule has 3 N–H and O–H groups in total. The minimum absolute atomic E-state index is 0.474. The second-order valence-electron chi connectivity index (χ2n) is 4.32. The zero-order valence-corrected chi connectivity index (χ0v) is 9.56. The van der Waals surface area contributed by atoms with Crippen LogP contribution in [0.25, 0.3) is 0 Å². The second-order valence-corrected chi connectivity index (χ2v) is 4.32. The molecule has 3 rings (SSSR count). The van der Waals surface area contributed by atoms with Crippen LogP contribution in [0.4, 0.5) is 0 Å². The van der Waals surface area contributed by atoms with Gasteiger partial charge in [-0.05, 0) is 24.0 Å². The zero-order chi connectivity index (χ0) is 11.7. The van der Waals surface area contributed by atoms with Crippen molar-refractivity contribution < 1.29 is 0 Å². The number of nitrogens with zero attached hydrogens (tertiary/aromatic N) is 1. The Bertz CT molecular complexity index is 514. The Balaban J connectivity index is 1.90. The molecule has 0 saturated heterocycles. The number of aliphatic imine (C=N–C) groups is 1. The van der Waals surface area contributed by atoms with Crippen LogP contribution in [0.2, 0.25) is 0 Å². The van der Waals surface area contributed by atoms with E-state index < -0.39 is 5.66 Å². The topological polar surface area (TPSA) is 50.4 Å². The minimum atomic E-state index is -0.474. The molecule has 3 nitrogen and oxygen atoms in total. The maximum Gasteiger partial charge on any atom is 0.191 e. The smallest absolute Gasteiger partial charge is 0.191 e. The second kappa shape index (κ2) is 3.95. The molecule has 1 aromatic rings. The molecule has 1 aliphatic carbocycles. The molecule has 3 heteroatoms. The fraction of sp³-hybridized carbons (Fsp3) is 0.214. The lowest BCUT2D eigenvalue weighted by Crippen LogP contribution is -2.44. The van der Waals surface area contributed by atoms with Crippen LogP contribution in [-0.2, 0) is 0 Å². The largest absolute Gasteiger partial charge is 0.269 e. The minimum Gasteiger partial charge on any atom is -0.269 e. The van der Waals surface area contributed by atoms with E-state index in [2.05, 4.69) is 40.8 Å². The van der Waals surface area contributed by atoms with Crippen molar-refractivity contribution in [1.29, 1.82) is 0 Å². The van der Waals surface area contributed by atoms with Gasteiger partial charge in [0.05, 0.1) is 5.71 Å². The van der Waals surface area contributed by atoms with Gasteiger partial charge in [0.25, 0.3) is 0 Å². The first-order valence-corrected chi connectivity index (χ1v) is 5.87. The maximum atomic E-state index is 5.69. The van der Waals surface area contributed by atoms with E-state index in [0.717, 1.165) is 29.7 Å². The van der Waals surface area contributed by atoms with Crippen LogP contribution >= 0.6 is 0 Å². The van der Waals surface area contributed by atoms with Gasteiger partial charge in [-0.3, -0.25) is 5.84 Å². The number of rotatable bonds is 3. The summed E-state index contributed by atoms with van der Waals surface area (Å²) in [6, 6.07) is 10.2. The molecule has 0 fully saturated rings. The number of allylic oxidation sites excluding steroid dienone is 2. The van der Waals surface area contributed by atoms with Gasteiger partial charge in [0.1, 0.15) is 0 Å². The van der Waals surface area contributed by atoms with Crippen molar-refractivity contribution in [3.05, 3.63) is 59.7 Å². The average Bonchev–Trinajstić information content (AvgIpc) is 3.17. The van der Waals surface area contributed by atoms with Crippen LogP contribution in [0, 0.1) is 0 Å². The summed E-state index contributed by atoms with van der Waals surface area (Å²) in [6.45, 7) is 0. The summed E-state index contributed by atoms with van der Waals surface area (Å²) in [6.07, 6.45) is 8.66. The van der Waals surface area contributed by atoms with Gasteiger partial charge in [-0.25, -0.2) is 10.4 Å². The molecule has 86 valence electrons. The first kappa shape index (κ1) is 10.4. The third-order valence-corrected chi connectivity index (χ3v) is 3.24. The van der Waals surface area contributed by atoms with Crippen LogP contribution in [-0.4, -0.2) is 11.4 Å². The summed E-state index contributed by atoms with van der Waals surface area (Å²) >= 11 is 0. The standard InChI is InChI=1S/C14H15N3/c15-17-14(12-9-5-2-6-10-12)13(16-14)11-7-3-1-4-8-11/h1,3-5,7-10,17H,2,6,15H2. The van der Waals surface area contributed by atoms with Gasteiger partial charge in [-0.2, -0.15) is 0 Å². The maximum absolute atomic E-state index is 5.69. The molecule has 0 bridgehead atoms. The molecule has 1 unspecified atom stereocenters. The van der Waals surface area contributed by atoms with Crippen molar-refractivity contribution in [1.82, 2.24) is 5.43 Å². The molecule has 0 radical (unpaired) electrons. The van der Waals surface area contributed by atoms with Gasteiger partial charge < -0.3 is 0 Å². The SMILES string of the molecule is NNC1(C2=CCCC=C2)N=C1c1ccccc1. The van der Waals surface area contributed by atoms with E-state index in [1.165, 1.54) is 0 Å². The fourth-order valence-corrected chi connectivity index (χ4v) is 2.28. The Morgan fingerprint density at radius 1 is 1.18 bits per heavy atom. The van der Waals surface area contributed by atoms with Gasteiger partial charge in [0.15, 0.2) is 5.66 Å². The average molecular weight is 225 g/mol. The fourth-order valence-electron chi connectivity index (χ4n) is 2.28. The third kappa shape index (κ3) is 1.64. The summed E-state index contributed by atoms with van der Waals surface area (Å²) in [5.41, 5.74) is 5.69. The Kier molecular flexibility index (Phi) is 2.42. The van der Waals surface area contributed by atoms with Gasteiger partial charge >= 0.3 is 0 Å². The highest BCUT2D eigenvalue weighted by Crippen LogP contribution is 2.38. The lowest BCUT2D eigenvalue weighted by molar-refractivity contribution is 0.605. The Morgan fingerprint density at radius 2 is 2.00 bits per heavy atom. The van der Waals surface area contributed by atoms with Crippen LogP contribution in [0.3, 0.4) is 0 Å². The van der Waals surface area contributed by atoms with Crippen molar-refractivity contribution in [2.45, 2.75) is 18.5 Å².